The summed E-state index contributed by atoms with van der Waals surface area (Å²) < 4.78 is 5.41. The molecule has 1 aliphatic rings. The molecule has 1 aromatic heterocycles. The van der Waals surface area contributed by atoms with E-state index in [-0.39, 0.29) is 23.5 Å². The third kappa shape index (κ3) is 4.84. The van der Waals surface area contributed by atoms with Gasteiger partial charge in [-0.2, -0.15) is 0 Å². The van der Waals surface area contributed by atoms with Gasteiger partial charge in [-0.1, -0.05) is 0 Å². The molecule has 1 aliphatic heterocycles. The van der Waals surface area contributed by atoms with Gasteiger partial charge in [0, 0.05) is 31.0 Å². The SMILES string of the molecule is CC(C)(C)OC(=O)N1CCCC(Nc2ccnc(N)c2C(=N)C(=O)O)C1. The van der Waals surface area contributed by atoms with Crippen molar-refractivity contribution in [3.05, 3.63) is 17.8 Å². The summed E-state index contributed by atoms with van der Waals surface area (Å²) in [7, 11) is 0. The molecule has 2 rings (SSSR count). The molecule has 0 aromatic carbocycles. The fourth-order valence-electron chi connectivity index (χ4n) is 2.78. The van der Waals surface area contributed by atoms with Crippen LogP contribution in [0.5, 0.6) is 0 Å². The first-order valence-electron chi connectivity index (χ1n) is 8.39. The third-order valence-corrected chi connectivity index (χ3v) is 3.88. The van der Waals surface area contributed by atoms with E-state index in [1.165, 1.54) is 6.20 Å². The Balaban J connectivity index is 2.14. The number of carboxylic acids is 1. The predicted molar refractivity (Wildman–Crippen MR) is 97.6 cm³/mol. The van der Waals surface area contributed by atoms with Crippen molar-refractivity contribution in [1.82, 2.24) is 9.88 Å². The van der Waals surface area contributed by atoms with Crippen molar-refractivity contribution >= 4 is 29.3 Å². The van der Waals surface area contributed by atoms with Gasteiger partial charge in [-0.15, -0.1) is 0 Å². The summed E-state index contributed by atoms with van der Waals surface area (Å²) in [5.41, 5.74) is 5.04. The highest BCUT2D eigenvalue weighted by molar-refractivity contribution is 6.43. The number of carbonyl (C=O) groups excluding carboxylic acids is 1. The van der Waals surface area contributed by atoms with Crippen molar-refractivity contribution < 1.29 is 19.4 Å². The summed E-state index contributed by atoms with van der Waals surface area (Å²) >= 11 is 0. The smallest absolute Gasteiger partial charge is 0.410 e. The van der Waals surface area contributed by atoms with Gasteiger partial charge in [-0.3, -0.25) is 5.41 Å². The highest BCUT2D eigenvalue weighted by atomic mass is 16.6. The van der Waals surface area contributed by atoms with Crippen LogP contribution in [0.1, 0.15) is 39.2 Å². The average molecular weight is 363 g/mol. The van der Waals surface area contributed by atoms with E-state index in [2.05, 4.69) is 10.3 Å². The van der Waals surface area contributed by atoms with Crippen LogP contribution in [-0.4, -0.2) is 57.5 Å². The number of hydrogen-bond donors (Lipinski definition) is 4. The molecule has 1 fully saturated rings. The monoisotopic (exact) mass is 363 g/mol. The number of amides is 1. The number of ether oxygens (including phenoxy) is 1. The summed E-state index contributed by atoms with van der Waals surface area (Å²) in [4.78, 5) is 28.9. The van der Waals surface area contributed by atoms with E-state index in [1.54, 1.807) is 11.0 Å². The number of pyridine rings is 1. The molecule has 142 valence electrons. The fraction of sp³-hybridized carbons (Fsp3) is 0.529. The van der Waals surface area contributed by atoms with Crippen molar-refractivity contribution in [2.45, 2.75) is 45.3 Å². The van der Waals surface area contributed by atoms with Gasteiger partial charge in [0.15, 0.2) is 5.71 Å². The minimum absolute atomic E-state index is 0.0257. The second-order valence-corrected chi connectivity index (χ2v) is 7.21. The van der Waals surface area contributed by atoms with E-state index < -0.39 is 17.3 Å². The molecule has 0 bridgehead atoms. The van der Waals surface area contributed by atoms with E-state index in [4.69, 9.17) is 21.0 Å². The van der Waals surface area contributed by atoms with Crippen LogP contribution in [0.4, 0.5) is 16.3 Å². The molecule has 0 saturated carbocycles. The first-order chi connectivity index (χ1) is 12.1. The van der Waals surface area contributed by atoms with Gasteiger partial charge in [0.05, 0.1) is 5.56 Å². The Hall–Kier alpha value is -2.84. The van der Waals surface area contributed by atoms with Gasteiger partial charge in [-0.05, 0) is 39.7 Å². The Kier molecular flexibility index (Phi) is 5.69. The quantitative estimate of drug-likeness (QED) is 0.599. The lowest BCUT2D eigenvalue weighted by Gasteiger charge is -2.35. The number of piperidine rings is 1. The van der Waals surface area contributed by atoms with E-state index in [1.807, 2.05) is 20.8 Å². The number of carboxylic acid groups (broad SMARTS) is 1. The fourth-order valence-corrected chi connectivity index (χ4v) is 2.78. The van der Waals surface area contributed by atoms with Crippen LogP contribution in [0, 0.1) is 5.41 Å². The number of rotatable bonds is 4. The van der Waals surface area contributed by atoms with Crippen LogP contribution in [0.25, 0.3) is 0 Å². The topological polar surface area (TPSA) is 142 Å². The van der Waals surface area contributed by atoms with Crippen molar-refractivity contribution in [1.29, 1.82) is 5.41 Å². The van der Waals surface area contributed by atoms with Gasteiger partial charge >= 0.3 is 12.1 Å². The standard InChI is InChI=1S/C17H25N5O4/c1-17(2,3)26-16(25)22-8-4-5-10(9-22)21-11-6-7-20-14(19)12(11)13(18)15(23)24/h6-7,10,18H,4-5,8-9H2,1-3H3,(H,23,24)(H3,19,20,21). The molecule has 0 aliphatic carbocycles. The lowest BCUT2D eigenvalue weighted by Crippen LogP contribution is -2.47. The maximum absolute atomic E-state index is 12.3. The van der Waals surface area contributed by atoms with Crippen LogP contribution < -0.4 is 11.1 Å². The molecule has 5 N–H and O–H groups in total. The molecule has 9 heteroatoms. The number of nitrogens with one attached hydrogen (secondary N) is 2. The molecule has 9 nitrogen and oxygen atoms in total. The summed E-state index contributed by atoms with van der Waals surface area (Å²) in [6, 6.07) is 1.47. The van der Waals surface area contributed by atoms with Crippen molar-refractivity contribution in [3.8, 4) is 0 Å². The number of likely N-dealkylation sites (tertiary alicyclic amines) is 1. The zero-order valence-corrected chi connectivity index (χ0v) is 15.2. The van der Waals surface area contributed by atoms with Crippen molar-refractivity contribution in [2.24, 2.45) is 0 Å². The Morgan fingerprint density at radius 1 is 1.46 bits per heavy atom. The molecule has 1 atom stereocenters. The number of carbonyl (C=O) groups is 2. The highest BCUT2D eigenvalue weighted by Gasteiger charge is 2.28. The molecular weight excluding hydrogens is 338 g/mol. The molecular formula is C17H25N5O4. The number of nitrogens with two attached hydrogens (primary N) is 1. The van der Waals surface area contributed by atoms with Crippen LogP contribution in [0.15, 0.2) is 12.3 Å². The average Bonchev–Trinajstić information content (AvgIpc) is 2.53. The molecule has 2 heterocycles. The maximum Gasteiger partial charge on any atom is 0.410 e. The lowest BCUT2D eigenvalue weighted by atomic mass is 10.0. The number of anilines is 2. The zero-order valence-electron chi connectivity index (χ0n) is 15.2. The van der Waals surface area contributed by atoms with Gasteiger partial charge < -0.3 is 25.8 Å². The Bertz CT molecular complexity index is 714. The number of hydrogen-bond acceptors (Lipinski definition) is 7. The highest BCUT2D eigenvalue weighted by Crippen LogP contribution is 2.24. The first kappa shape index (κ1) is 19.5. The Labute approximate surface area is 152 Å². The molecule has 0 radical (unpaired) electrons. The normalized spacial score (nSPS) is 17.5. The molecule has 1 unspecified atom stereocenters. The molecule has 1 saturated heterocycles. The van der Waals surface area contributed by atoms with Gasteiger partial charge in [-0.25, -0.2) is 14.6 Å². The number of nitrogen functional groups attached to an aromatic ring is 1. The zero-order chi connectivity index (χ0) is 19.5. The number of aliphatic carboxylic acids is 1. The van der Waals surface area contributed by atoms with Gasteiger partial charge in [0.1, 0.15) is 11.4 Å². The minimum atomic E-state index is -1.38. The molecule has 26 heavy (non-hydrogen) atoms. The third-order valence-electron chi connectivity index (χ3n) is 3.88. The predicted octanol–water partition coefficient (Wildman–Crippen LogP) is 1.93. The number of aromatic nitrogens is 1. The number of nitrogens with zero attached hydrogens (tertiary/aromatic N) is 2. The minimum Gasteiger partial charge on any atom is -0.477 e. The second-order valence-electron chi connectivity index (χ2n) is 7.21. The summed E-state index contributed by atoms with van der Waals surface area (Å²) in [5.74, 6) is -1.41. The molecule has 1 amide bonds. The van der Waals surface area contributed by atoms with E-state index in [0.717, 1.165) is 12.8 Å². The molecule has 1 aromatic rings. The molecule has 0 spiro atoms. The first-order valence-corrected chi connectivity index (χ1v) is 8.39. The Morgan fingerprint density at radius 2 is 2.15 bits per heavy atom. The van der Waals surface area contributed by atoms with E-state index >= 15 is 0 Å². The van der Waals surface area contributed by atoms with Crippen LogP contribution >= 0.6 is 0 Å². The van der Waals surface area contributed by atoms with Gasteiger partial charge in [0.2, 0.25) is 0 Å². The summed E-state index contributed by atoms with van der Waals surface area (Å²) in [6.45, 7) is 6.46. The summed E-state index contributed by atoms with van der Waals surface area (Å²) in [6.07, 6.45) is 2.65. The van der Waals surface area contributed by atoms with E-state index in [0.29, 0.717) is 18.8 Å². The largest absolute Gasteiger partial charge is 0.477 e. The lowest BCUT2D eigenvalue weighted by molar-refractivity contribution is -0.129. The van der Waals surface area contributed by atoms with Crippen LogP contribution in [0.2, 0.25) is 0 Å². The van der Waals surface area contributed by atoms with Crippen LogP contribution in [0.3, 0.4) is 0 Å². The summed E-state index contributed by atoms with van der Waals surface area (Å²) in [5, 5.41) is 20.1. The van der Waals surface area contributed by atoms with Crippen molar-refractivity contribution in [3.63, 3.8) is 0 Å². The van der Waals surface area contributed by atoms with Gasteiger partial charge in [0.25, 0.3) is 0 Å². The van der Waals surface area contributed by atoms with Crippen LogP contribution in [-0.2, 0) is 9.53 Å². The van der Waals surface area contributed by atoms with E-state index in [9.17, 15) is 9.59 Å². The Morgan fingerprint density at radius 3 is 2.77 bits per heavy atom. The maximum atomic E-state index is 12.3. The van der Waals surface area contributed by atoms with Crippen molar-refractivity contribution in [2.75, 3.05) is 24.1 Å². The second kappa shape index (κ2) is 7.59.